The van der Waals surface area contributed by atoms with Crippen LogP contribution in [0.2, 0.25) is 0 Å². The van der Waals surface area contributed by atoms with Gasteiger partial charge in [-0.3, -0.25) is 0 Å². The fourth-order valence-corrected chi connectivity index (χ4v) is 1.77. The van der Waals surface area contributed by atoms with Gasteiger partial charge in [-0.15, -0.1) is 0 Å². The molecule has 0 spiro atoms. The van der Waals surface area contributed by atoms with Crippen LogP contribution in [0.3, 0.4) is 0 Å². The molecule has 1 fully saturated rings. The van der Waals surface area contributed by atoms with E-state index in [-0.39, 0.29) is 0 Å². The van der Waals surface area contributed by atoms with Gasteiger partial charge in [0.25, 0.3) is 0 Å². The third-order valence-corrected chi connectivity index (χ3v) is 3.70. The van der Waals surface area contributed by atoms with Crippen molar-refractivity contribution in [3.8, 4) is 5.75 Å². The highest BCUT2D eigenvalue weighted by Gasteiger charge is 2.23. The number of halogens is 1. The first kappa shape index (κ1) is 11.0. The zero-order valence-electron chi connectivity index (χ0n) is 9.08. The molecule has 0 heterocycles. The monoisotopic (exact) mass is 268 g/mol. The summed E-state index contributed by atoms with van der Waals surface area (Å²) in [5.41, 5.74) is 1.39. The van der Waals surface area contributed by atoms with Gasteiger partial charge >= 0.3 is 0 Å². The maximum absolute atomic E-state index is 5.70. The third kappa shape index (κ3) is 3.53. The van der Waals surface area contributed by atoms with Crippen molar-refractivity contribution in [1.29, 1.82) is 0 Å². The summed E-state index contributed by atoms with van der Waals surface area (Å²) in [4.78, 5) is 0. The Morgan fingerprint density at radius 2 is 2.00 bits per heavy atom. The molecule has 82 valence electrons. The van der Waals surface area contributed by atoms with Gasteiger partial charge < -0.3 is 4.74 Å². The summed E-state index contributed by atoms with van der Waals surface area (Å²) in [5.74, 6) is 1.72. The summed E-state index contributed by atoms with van der Waals surface area (Å²) < 4.78 is 5.70. The highest BCUT2D eigenvalue weighted by atomic mass is 79.9. The van der Waals surface area contributed by atoms with Gasteiger partial charge in [-0.1, -0.05) is 35.0 Å². The standard InChI is InChI=1S/C13H17BrO/c1-10(9-14)8-11-2-4-12(5-3-11)15-13-6-7-13/h2-5,10,13H,6-9H2,1H3. The number of benzene rings is 1. The number of alkyl halides is 1. The summed E-state index contributed by atoms with van der Waals surface area (Å²) in [6.07, 6.45) is 4.08. The Bertz CT molecular complexity index is 303. The predicted octanol–water partition coefficient (Wildman–Crippen LogP) is 3.80. The molecule has 0 saturated heterocycles. The lowest BCUT2D eigenvalue weighted by atomic mass is 10.0. The summed E-state index contributed by atoms with van der Waals surface area (Å²) in [7, 11) is 0. The van der Waals surface area contributed by atoms with Crippen LogP contribution in [0.4, 0.5) is 0 Å². The Morgan fingerprint density at radius 3 is 2.53 bits per heavy atom. The highest BCUT2D eigenvalue weighted by Crippen LogP contribution is 2.27. The van der Waals surface area contributed by atoms with Gasteiger partial charge in [-0.05, 0) is 42.9 Å². The largest absolute Gasteiger partial charge is 0.490 e. The quantitative estimate of drug-likeness (QED) is 0.739. The Hall–Kier alpha value is -0.500. The van der Waals surface area contributed by atoms with Gasteiger partial charge in [0.2, 0.25) is 0 Å². The van der Waals surface area contributed by atoms with Crippen LogP contribution in [-0.4, -0.2) is 11.4 Å². The molecule has 0 aliphatic heterocycles. The maximum atomic E-state index is 5.70. The molecule has 0 bridgehead atoms. The average molecular weight is 269 g/mol. The van der Waals surface area contributed by atoms with Crippen molar-refractivity contribution in [3.63, 3.8) is 0 Å². The van der Waals surface area contributed by atoms with E-state index >= 15 is 0 Å². The molecule has 0 aromatic heterocycles. The number of hydrogen-bond donors (Lipinski definition) is 0. The van der Waals surface area contributed by atoms with Gasteiger partial charge in [0.15, 0.2) is 0 Å². The van der Waals surface area contributed by atoms with Crippen molar-refractivity contribution in [3.05, 3.63) is 29.8 Å². The van der Waals surface area contributed by atoms with Crippen LogP contribution in [0.25, 0.3) is 0 Å². The smallest absolute Gasteiger partial charge is 0.119 e. The maximum Gasteiger partial charge on any atom is 0.119 e. The molecule has 0 N–H and O–H groups in total. The molecule has 1 unspecified atom stereocenters. The van der Waals surface area contributed by atoms with Gasteiger partial charge in [0.1, 0.15) is 5.75 Å². The minimum atomic E-state index is 0.498. The van der Waals surface area contributed by atoms with E-state index in [1.54, 1.807) is 0 Å². The van der Waals surface area contributed by atoms with Crippen molar-refractivity contribution in [1.82, 2.24) is 0 Å². The van der Waals surface area contributed by atoms with Crippen molar-refractivity contribution in [2.75, 3.05) is 5.33 Å². The van der Waals surface area contributed by atoms with Crippen LogP contribution in [-0.2, 0) is 6.42 Å². The van der Waals surface area contributed by atoms with Crippen LogP contribution in [0, 0.1) is 5.92 Å². The molecule has 1 aliphatic rings. The van der Waals surface area contributed by atoms with E-state index in [9.17, 15) is 0 Å². The second-order valence-electron chi connectivity index (χ2n) is 4.42. The molecule has 1 atom stereocenters. The number of ether oxygens (including phenoxy) is 1. The lowest BCUT2D eigenvalue weighted by Crippen LogP contribution is -2.01. The fourth-order valence-electron chi connectivity index (χ4n) is 1.54. The molecule has 0 radical (unpaired) electrons. The van der Waals surface area contributed by atoms with E-state index in [0.717, 1.165) is 17.5 Å². The fraction of sp³-hybridized carbons (Fsp3) is 0.538. The van der Waals surface area contributed by atoms with Crippen molar-refractivity contribution in [2.45, 2.75) is 32.3 Å². The van der Waals surface area contributed by atoms with Gasteiger partial charge in [-0.25, -0.2) is 0 Å². The lowest BCUT2D eigenvalue weighted by molar-refractivity contribution is 0.303. The van der Waals surface area contributed by atoms with E-state index in [4.69, 9.17) is 4.74 Å². The normalized spacial score (nSPS) is 17.5. The van der Waals surface area contributed by atoms with E-state index in [0.29, 0.717) is 12.0 Å². The number of hydrogen-bond acceptors (Lipinski definition) is 1. The Morgan fingerprint density at radius 1 is 1.33 bits per heavy atom. The molecule has 1 aliphatic carbocycles. The average Bonchev–Trinajstić information content (AvgIpc) is 3.05. The van der Waals surface area contributed by atoms with Gasteiger partial charge in [0.05, 0.1) is 6.10 Å². The van der Waals surface area contributed by atoms with Crippen molar-refractivity contribution in [2.24, 2.45) is 5.92 Å². The van der Waals surface area contributed by atoms with Gasteiger partial charge in [0, 0.05) is 5.33 Å². The van der Waals surface area contributed by atoms with E-state index < -0.39 is 0 Å². The van der Waals surface area contributed by atoms with Crippen LogP contribution in [0.1, 0.15) is 25.3 Å². The minimum absolute atomic E-state index is 0.498. The van der Waals surface area contributed by atoms with E-state index in [1.165, 1.54) is 18.4 Å². The first-order valence-corrected chi connectivity index (χ1v) is 6.71. The van der Waals surface area contributed by atoms with Crippen molar-refractivity contribution < 1.29 is 4.74 Å². The molecule has 1 aromatic rings. The molecular formula is C13H17BrO. The summed E-state index contributed by atoms with van der Waals surface area (Å²) >= 11 is 3.50. The van der Waals surface area contributed by atoms with Crippen LogP contribution >= 0.6 is 15.9 Å². The zero-order chi connectivity index (χ0) is 10.7. The van der Waals surface area contributed by atoms with Gasteiger partial charge in [-0.2, -0.15) is 0 Å². The molecule has 2 rings (SSSR count). The molecule has 1 nitrogen and oxygen atoms in total. The summed E-state index contributed by atoms with van der Waals surface area (Å²) in [5, 5.41) is 1.06. The second kappa shape index (κ2) is 5.02. The van der Waals surface area contributed by atoms with E-state index in [1.807, 2.05) is 0 Å². The van der Waals surface area contributed by atoms with Crippen LogP contribution in [0.5, 0.6) is 5.75 Å². The molecule has 2 heteroatoms. The predicted molar refractivity (Wildman–Crippen MR) is 66.8 cm³/mol. The first-order valence-electron chi connectivity index (χ1n) is 5.59. The third-order valence-electron chi connectivity index (χ3n) is 2.60. The first-order chi connectivity index (χ1) is 7.28. The van der Waals surface area contributed by atoms with E-state index in [2.05, 4.69) is 47.1 Å². The molecular weight excluding hydrogens is 252 g/mol. The zero-order valence-corrected chi connectivity index (χ0v) is 10.7. The Labute approximate surface area is 100.0 Å². The Balaban J connectivity index is 1.90. The molecule has 1 aromatic carbocycles. The molecule has 0 amide bonds. The van der Waals surface area contributed by atoms with Crippen molar-refractivity contribution >= 4 is 15.9 Å². The second-order valence-corrected chi connectivity index (χ2v) is 5.07. The molecule has 1 saturated carbocycles. The summed E-state index contributed by atoms with van der Waals surface area (Å²) in [6.45, 7) is 2.25. The topological polar surface area (TPSA) is 9.23 Å². The Kier molecular flexibility index (Phi) is 3.68. The minimum Gasteiger partial charge on any atom is -0.490 e. The van der Waals surface area contributed by atoms with Crippen LogP contribution in [0.15, 0.2) is 24.3 Å². The highest BCUT2D eigenvalue weighted by molar-refractivity contribution is 9.09. The SMILES string of the molecule is CC(CBr)Cc1ccc(OC2CC2)cc1. The number of rotatable bonds is 5. The van der Waals surface area contributed by atoms with Crippen LogP contribution < -0.4 is 4.74 Å². The molecule has 15 heavy (non-hydrogen) atoms. The summed E-state index contributed by atoms with van der Waals surface area (Å²) in [6, 6.07) is 8.54. The lowest BCUT2D eigenvalue weighted by Gasteiger charge is -2.09.